The Hall–Kier alpha value is -8.00. The third-order valence-corrected chi connectivity index (χ3v) is 15.0. The third kappa shape index (κ3) is 4.68. The second-order valence-corrected chi connectivity index (χ2v) is 17.8. The Kier molecular flexibility index (Phi) is 7.44. The summed E-state index contributed by atoms with van der Waals surface area (Å²) in [5, 5.41) is 32.8. The molecule has 0 N–H and O–H groups in total. The molecule has 0 amide bonds. The number of hydrogen-bond donors (Lipinski definition) is 0. The van der Waals surface area contributed by atoms with Gasteiger partial charge in [-0.15, -0.1) is 22.7 Å². The maximum atomic E-state index is 11.8. The summed E-state index contributed by atoms with van der Waals surface area (Å²) in [6, 6.07) is 69.2. The Morgan fingerprint density at radius 1 is 0.339 bits per heavy atom. The van der Waals surface area contributed by atoms with E-state index in [1.165, 1.54) is 30.9 Å². The molecule has 0 aliphatic rings. The molecule has 9 aromatic carbocycles. The van der Waals surface area contributed by atoms with Crippen LogP contribution in [0.15, 0.2) is 182 Å². The highest BCUT2D eigenvalue weighted by Gasteiger charge is 2.32. The van der Waals surface area contributed by atoms with Crippen LogP contribution in [0.5, 0.6) is 0 Å². The van der Waals surface area contributed by atoms with E-state index >= 15 is 0 Å². The van der Waals surface area contributed by atoms with Crippen LogP contribution in [0.3, 0.4) is 0 Å². The first-order valence-electron chi connectivity index (χ1n) is 20.6. The zero-order chi connectivity index (χ0) is 41.1. The molecule has 0 spiro atoms. The first-order valence-corrected chi connectivity index (χ1v) is 22.2. The van der Waals surface area contributed by atoms with Crippen LogP contribution in [0.4, 0.5) is 0 Å². The van der Waals surface area contributed by atoms with Crippen LogP contribution in [-0.2, 0) is 0 Å². The zero-order valence-corrected chi connectivity index (χ0v) is 34.6. The van der Waals surface area contributed by atoms with Crippen LogP contribution in [0, 0.1) is 22.7 Å². The lowest BCUT2D eigenvalue weighted by molar-refractivity contribution is 1.13. The summed E-state index contributed by atoms with van der Waals surface area (Å²) in [6.45, 7) is 0. The Morgan fingerprint density at radius 3 is 1.16 bits per heavy atom. The second kappa shape index (κ2) is 13.3. The van der Waals surface area contributed by atoms with Crippen molar-refractivity contribution in [3.63, 3.8) is 0 Å². The fourth-order valence-corrected chi connectivity index (χ4v) is 12.6. The summed E-state index contributed by atoms with van der Waals surface area (Å²) < 4.78 is 9.42. The molecule has 13 rings (SSSR count). The van der Waals surface area contributed by atoms with Crippen molar-refractivity contribution in [2.75, 3.05) is 0 Å². The van der Waals surface area contributed by atoms with Gasteiger partial charge in [0.15, 0.2) is 0 Å². The molecule has 4 aromatic heterocycles. The number of para-hydroxylation sites is 2. The molecule has 0 saturated heterocycles. The average molecular weight is 823 g/mol. The van der Waals surface area contributed by atoms with Crippen molar-refractivity contribution in [2.24, 2.45) is 0 Å². The van der Waals surface area contributed by atoms with E-state index in [-0.39, 0.29) is 0 Å². The fraction of sp³-hybridized carbons (Fsp3) is 0. The second-order valence-electron chi connectivity index (χ2n) is 15.7. The molecule has 62 heavy (non-hydrogen) atoms. The highest BCUT2D eigenvalue weighted by Crippen LogP contribution is 2.52. The lowest BCUT2D eigenvalue weighted by Gasteiger charge is -2.25. The lowest BCUT2D eigenvalue weighted by atomic mass is 9.86. The van der Waals surface area contributed by atoms with Crippen molar-refractivity contribution in [1.29, 1.82) is 10.5 Å². The van der Waals surface area contributed by atoms with E-state index < -0.39 is 0 Å². The van der Waals surface area contributed by atoms with E-state index in [0.717, 1.165) is 81.1 Å². The summed E-state index contributed by atoms with van der Waals surface area (Å²) in [4.78, 5) is 0. The molecule has 0 fully saturated rings. The molecule has 0 aliphatic heterocycles. The van der Waals surface area contributed by atoms with Gasteiger partial charge in [-0.1, -0.05) is 158 Å². The van der Waals surface area contributed by atoms with Crippen LogP contribution in [-0.4, -0.2) is 9.13 Å². The molecule has 6 heteroatoms. The largest absolute Gasteiger partial charge is 0.306 e. The molecule has 0 atom stereocenters. The van der Waals surface area contributed by atoms with E-state index in [1.54, 1.807) is 22.7 Å². The summed E-state index contributed by atoms with van der Waals surface area (Å²) >= 11 is 3.58. The van der Waals surface area contributed by atoms with Gasteiger partial charge in [-0.25, -0.2) is 0 Å². The number of hydrogen-bond acceptors (Lipinski definition) is 4. The van der Waals surface area contributed by atoms with Crippen molar-refractivity contribution in [3.05, 3.63) is 193 Å². The fourth-order valence-electron chi connectivity index (χ4n) is 10.1. The van der Waals surface area contributed by atoms with Gasteiger partial charge in [0.25, 0.3) is 0 Å². The average Bonchev–Trinajstić information content (AvgIpc) is 4.09. The number of aromatic nitrogens is 2. The maximum Gasteiger partial charge on any atom is 0.102 e. The van der Waals surface area contributed by atoms with Crippen LogP contribution < -0.4 is 0 Å². The number of nitrogens with zero attached hydrogens (tertiary/aromatic N) is 4. The first-order chi connectivity index (χ1) is 30.7. The van der Waals surface area contributed by atoms with Crippen molar-refractivity contribution in [3.8, 4) is 45.8 Å². The molecule has 4 nitrogen and oxygen atoms in total. The number of rotatable bonds is 4. The van der Waals surface area contributed by atoms with E-state index in [1.807, 2.05) is 36.4 Å². The van der Waals surface area contributed by atoms with Crippen LogP contribution in [0.25, 0.3) is 118 Å². The summed E-state index contributed by atoms with van der Waals surface area (Å²) in [5.74, 6) is 0. The van der Waals surface area contributed by atoms with Gasteiger partial charge in [0.2, 0.25) is 0 Å². The van der Waals surface area contributed by atoms with Gasteiger partial charge in [-0.2, -0.15) is 10.5 Å². The Labute approximate surface area is 363 Å². The van der Waals surface area contributed by atoms with Crippen LogP contribution >= 0.6 is 22.7 Å². The maximum absolute atomic E-state index is 11.8. The van der Waals surface area contributed by atoms with Gasteiger partial charge in [0.05, 0.1) is 54.0 Å². The molecule has 0 unspecified atom stereocenters. The van der Waals surface area contributed by atoms with Crippen LogP contribution in [0.1, 0.15) is 11.1 Å². The normalized spacial score (nSPS) is 11.8. The molecule has 0 aliphatic carbocycles. The lowest BCUT2D eigenvalue weighted by Crippen LogP contribution is -2.11. The minimum atomic E-state index is 0.448. The van der Waals surface area contributed by atoms with Gasteiger partial charge in [-0.3, -0.25) is 0 Å². The SMILES string of the molecule is N#Cc1c(-c2ccccc2)c(C#N)c(-n2c3ccccc3c3ccc4c5ccccc5sc4c32)c(-c2ccccc2)c1-n1c2ccccc2c2ccc3c4ccccc4sc3c21. The topological polar surface area (TPSA) is 57.4 Å². The van der Waals surface area contributed by atoms with E-state index in [4.69, 9.17) is 0 Å². The van der Waals surface area contributed by atoms with Crippen molar-refractivity contribution in [1.82, 2.24) is 9.13 Å². The number of benzene rings is 9. The third-order valence-electron chi connectivity index (χ3n) is 12.6. The number of fused-ring (bicyclic) bond motifs is 14. The van der Waals surface area contributed by atoms with E-state index in [2.05, 4.69) is 167 Å². The molecule has 0 radical (unpaired) electrons. The monoisotopic (exact) mass is 822 g/mol. The Bertz CT molecular complexity index is 3890. The molecule has 0 saturated carbocycles. The van der Waals surface area contributed by atoms with E-state index in [0.29, 0.717) is 16.7 Å². The van der Waals surface area contributed by atoms with Gasteiger partial charge in [-0.05, 0) is 35.4 Å². The van der Waals surface area contributed by atoms with Gasteiger partial charge >= 0.3 is 0 Å². The van der Waals surface area contributed by atoms with Crippen molar-refractivity contribution in [2.45, 2.75) is 0 Å². The standard InChI is InChI=1S/C56H30N4S2/c57-31-43-49(33-15-3-1-4-16-33)44(32-58)52(60-46-24-12-8-20-36(46)40-28-30-42-38-22-10-14-26-48(38)62-56(42)54(40)60)50(34-17-5-2-6-18-34)51(43)59-45-23-11-7-19-35(45)39-27-29-41-37-21-9-13-25-47(37)61-55(41)53(39)59/h1-30H. The van der Waals surface area contributed by atoms with Crippen LogP contribution in [0.2, 0.25) is 0 Å². The molecular weight excluding hydrogens is 793 g/mol. The predicted molar refractivity (Wildman–Crippen MR) is 261 cm³/mol. The Morgan fingerprint density at radius 2 is 0.710 bits per heavy atom. The number of thiophene rings is 2. The molecule has 286 valence electrons. The Balaban J connectivity index is 1.35. The quantitative estimate of drug-likeness (QED) is 0.178. The highest BCUT2D eigenvalue weighted by atomic mass is 32.1. The predicted octanol–water partition coefficient (Wildman–Crippen LogP) is 15.7. The van der Waals surface area contributed by atoms with E-state index in [9.17, 15) is 10.5 Å². The molecule has 0 bridgehead atoms. The van der Waals surface area contributed by atoms with Gasteiger partial charge in [0.1, 0.15) is 12.1 Å². The van der Waals surface area contributed by atoms with Gasteiger partial charge < -0.3 is 9.13 Å². The minimum Gasteiger partial charge on any atom is -0.306 e. The number of nitriles is 2. The molecule has 4 heterocycles. The van der Waals surface area contributed by atoms with Gasteiger partial charge in [0, 0.05) is 63.6 Å². The summed E-state index contributed by atoms with van der Waals surface area (Å²) in [5.41, 5.74) is 9.61. The minimum absolute atomic E-state index is 0.448. The summed E-state index contributed by atoms with van der Waals surface area (Å²) in [6.07, 6.45) is 0. The first kappa shape index (κ1) is 34.8. The zero-order valence-electron chi connectivity index (χ0n) is 32.9. The molecular formula is C56H30N4S2. The smallest absolute Gasteiger partial charge is 0.102 e. The van der Waals surface area contributed by atoms with Crippen molar-refractivity contribution >= 4 is 107 Å². The molecule has 13 aromatic rings. The summed E-state index contributed by atoms with van der Waals surface area (Å²) in [7, 11) is 0. The van der Waals surface area contributed by atoms with Crippen molar-refractivity contribution < 1.29 is 0 Å². The highest BCUT2D eigenvalue weighted by molar-refractivity contribution is 7.27.